The third kappa shape index (κ3) is 8.60. The van der Waals surface area contributed by atoms with Crippen LogP contribution in [0.2, 0.25) is 0 Å². The van der Waals surface area contributed by atoms with Crippen molar-refractivity contribution in [3.63, 3.8) is 0 Å². The van der Waals surface area contributed by atoms with Gasteiger partial charge in [-0.15, -0.1) is 0 Å². The van der Waals surface area contributed by atoms with Gasteiger partial charge >= 0.3 is 0 Å². The van der Waals surface area contributed by atoms with Crippen LogP contribution in [-0.2, 0) is 27.2 Å². The van der Waals surface area contributed by atoms with Gasteiger partial charge in [0.05, 0.1) is 11.0 Å². The second-order valence-corrected chi connectivity index (χ2v) is 12.2. The van der Waals surface area contributed by atoms with Gasteiger partial charge in [-0.3, -0.25) is 9.59 Å². The van der Waals surface area contributed by atoms with Crippen molar-refractivity contribution in [1.29, 1.82) is 0 Å². The van der Waals surface area contributed by atoms with Gasteiger partial charge in [-0.1, -0.05) is 48.5 Å². The lowest BCUT2D eigenvalue weighted by Crippen LogP contribution is -2.42. The maximum Gasteiger partial charge on any atom is 0.251 e. The number of imidazole rings is 1. The first kappa shape index (κ1) is 33.3. The van der Waals surface area contributed by atoms with Crippen LogP contribution >= 0.6 is 0 Å². The molecule has 9 nitrogen and oxygen atoms in total. The summed E-state index contributed by atoms with van der Waals surface area (Å²) in [5.41, 5.74) is 12.5. The Kier molecular flexibility index (Phi) is 11.9. The van der Waals surface area contributed by atoms with E-state index in [2.05, 4.69) is 52.3 Å². The van der Waals surface area contributed by atoms with E-state index in [1.807, 2.05) is 35.2 Å². The predicted octanol–water partition coefficient (Wildman–Crippen LogP) is 5.17. The summed E-state index contributed by atoms with van der Waals surface area (Å²) in [6, 6.07) is 23.9. The van der Waals surface area contributed by atoms with Crippen LogP contribution in [0.4, 0.5) is 0 Å². The Labute approximate surface area is 272 Å². The van der Waals surface area contributed by atoms with Crippen LogP contribution in [0.25, 0.3) is 22.2 Å². The van der Waals surface area contributed by atoms with Crippen LogP contribution in [0.3, 0.4) is 0 Å². The summed E-state index contributed by atoms with van der Waals surface area (Å²) in [6.07, 6.45) is 4.60. The van der Waals surface area contributed by atoms with E-state index in [0.29, 0.717) is 44.7 Å². The van der Waals surface area contributed by atoms with Gasteiger partial charge < -0.3 is 30.0 Å². The van der Waals surface area contributed by atoms with Crippen molar-refractivity contribution < 1.29 is 19.1 Å². The molecule has 1 aromatic heterocycles. The van der Waals surface area contributed by atoms with Crippen LogP contribution in [0.15, 0.2) is 72.8 Å². The number of para-hydroxylation sites is 2. The van der Waals surface area contributed by atoms with E-state index in [0.717, 1.165) is 72.3 Å². The van der Waals surface area contributed by atoms with Gasteiger partial charge in [0.1, 0.15) is 5.82 Å². The van der Waals surface area contributed by atoms with Crippen molar-refractivity contribution in [3.05, 3.63) is 89.7 Å². The number of nitrogens with two attached hydrogens (primary N) is 1. The molecule has 46 heavy (non-hydrogen) atoms. The van der Waals surface area contributed by atoms with Crippen molar-refractivity contribution in [2.45, 2.75) is 57.0 Å². The number of nitrogens with zero attached hydrogens (tertiary/aromatic N) is 3. The molecule has 244 valence electrons. The molecule has 1 aliphatic heterocycles. The lowest BCUT2D eigenvalue weighted by atomic mass is 9.95. The fourth-order valence-corrected chi connectivity index (χ4v) is 6.32. The third-order valence-corrected chi connectivity index (χ3v) is 8.73. The minimum atomic E-state index is -0.265. The Hall–Kier alpha value is -4.05. The minimum Gasteiger partial charge on any atom is -0.385 e. The Morgan fingerprint density at radius 2 is 1.65 bits per heavy atom. The maximum atomic E-state index is 13.4. The number of hydrogen-bond acceptors (Lipinski definition) is 6. The highest BCUT2D eigenvalue weighted by atomic mass is 16.5. The molecule has 3 N–H and O–H groups in total. The van der Waals surface area contributed by atoms with Gasteiger partial charge in [-0.05, 0) is 73.1 Å². The number of carbonyl (C=O) groups is 2. The third-order valence-electron chi connectivity index (χ3n) is 8.73. The molecule has 1 fully saturated rings. The summed E-state index contributed by atoms with van der Waals surface area (Å²) >= 11 is 0. The fraction of sp³-hybridized carbons (Fsp3) is 0.432. The Bertz CT molecular complexity index is 1570. The number of rotatable bonds is 15. The van der Waals surface area contributed by atoms with Gasteiger partial charge in [0, 0.05) is 77.6 Å². The number of ether oxygens (including phenoxy) is 2. The van der Waals surface area contributed by atoms with Crippen molar-refractivity contribution in [2.75, 3.05) is 47.1 Å². The summed E-state index contributed by atoms with van der Waals surface area (Å²) < 4.78 is 12.6. The van der Waals surface area contributed by atoms with Gasteiger partial charge in [-0.25, -0.2) is 4.98 Å². The average molecular weight is 626 g/mol. The number of aryl methyl sites for hydroxylation is 1. The zero-order valence-electron chi connectivity index (χ0n) is 27.1. The molecule has 2 atom stereocenters. The van der Waals surface area contributed by atoms with Crippen LogP contribution in [0, 0.1) is 0 Å². The highest BCUT2D eigenvalue weighted by Gasteiger charge is 2.29. The molecule has 0 unspecified atom stereocenters. The average Bonchev–Trinajstić information content (AvgIpc) is 3.46. The van der Waals surface area contributed by atoms with E-state index in [4.69, 9.17) is 20.2 Å². The van der Waals surface area contributed by atoms with E-state index in [1.54, 1.807) is 14.2 Å². The second-order valence-electron chi connectivity index (χ2n) is 12.2. The number of benzene rings is 3. The minimum absolute atomic E-state index is 0.0839. The number of carbonyl (C=O) groups excluding carboxylic acids is 2. The highest BCUT2D eigenvalue weighted by molar-refractivity contribution is 5.94. The molecule has 0 saturated carbocycles. The van der Waals surface area contributed by atoms with E-state index >= 15 is 0 Å². The number of methoxy groups -OCH3 is 2. The molecule has 1 aliphatic rings. The van der Waals surface area contributed by atoms with Crippen molar-refractivity contribution in [2.24, 2.45) is 5.73 Å². The number of piperidine rings is 1. The zero-order chi connectivity index (χ0) is 32.3. The number of aromatic nitrogens is 2. The second kappa shape index (κ2) is 16.5. The number of likely N-dealkylation sites (tertiary alicyclic amines) is 1. The first-order chi connectivity index (χ1) is 22.5. The molecule has 0 aliphatic carbocycles. The molecule has 1 saturated heterocycles. The topological polar surface area (TPSA) is 112 Å². The van der Waals surface area contributed by atoms with Crippen molar-refractivity contribution in [3.8, 4) is 11.1 Å². The van der Waals surface area contributed by atoms with E-state index in [9.17, 15) is 9.59 Å². The number of fused-ring (bicyclic) bond motifs is 1. The monoisotopic (exact) mass is 625 g/mol. The maximum absolute atomic E-state index is 13.4. The molecule has 5 rings (SSSR count). The standard InChI is InChI=1S/C37H47N5O4/c1-45-22-6-19-39-37(44)30-17-15-29(16-18-30)28-13-11-27(12-14-28)24-32(38)25-35(43)41-20-5-8-31(26-41)36-40-33-9-3-4-10-34(33)42(36)21-7-23-46-2/h3-4,9-18,31-32H,5-8,19-26,38H2,1-2H3,(H,39,44)/t31-,32-/m1/s1. The van der Waals surface area contributed by atoms with Crippen molar-refractivity contribution >= 4 is 22.8 Å². The largest absolute Gasteiger partial charge is 0.385 e. The summed E-state index contributed by atoms with van der Waals surface area (Å²) in [4.78, 5) is 32.8. The number of nitrogens with one attached hydrogen (secondary N) is 1. The molecule has 0 radical (unpaired) electrons. The molecular weight excluding hydrogens is 578 g/mol. The number of hydrogen-bond donors (Lipinski definition) is 2. The smallest absolute Gasteiger partial charge is 0.251 e. The lowest BCUT2D eigenvalue weighted by Gasteiger charge is -2.33. The Morgan fingerprint density at radius 3 is 2.39 bits per heavy atom. The first-order valence-electron chi connectivity index (χ1n) is 16.4. The molecule has 3 aromatic carbocycles. The van der Waals surface area contributed by atoms with E-state index in [1.165, 1.54) is 0 Å². The quantitative estimate of drug-likeness (QED) is 0.176. The SMILES string of the molecule is COCCCNC(=O)c1ccc(-c2ccc(C[C@@H](N)CC(=O)N3CCC[C@@H](c4nc5ccccc5n4CCCOC)C3)cc2)cc1. The molecule has 0 spiro atoms. The normalized spacial score (nSPS) is 15.6. The molecule has 2 heterocycles. The Morgan fingerprint density at radius 1 is 0.957 bits per heavy atom. The summed E-state index contributed by atoms with van der Waals surface area (Å²) in [5.74, 6) is 1.29. The molecule has 4 aromatic rings. The van der Waals surface area contributed by atoms with Gasteiger partial charge in [0.15, 0.2) is 0 Å². The summed E-state index contributed by atoms with van der Waals surface area (Å²) in [5, 5.41) is 2.91. The van der Waals surface area contributed by atoms with Crippen LogP contribution < -0.4 is 11.1 Å². The molecule has 2 amide bonds. The summed E-state index contributed by atoms with van der Waals surface area (Å²) in [7, 11) is 3.38. The number of amides is 2. The Balaban J connectivity index is 1.14. The van der Waals surface area contributed by atoms with E-state index < -0.39 is 0 Å². The molecular formula is C37H47N5O4. The fourth-order valence-electron chi connectivity index (χ4n) is 6.32. The zero-order valence-corrected chi connectivity index (χ0v) is 27.1. The molecule has 9 heteroatoms. The van der Waals surface area contributed by atoms with Crippen LogP contribution in [0.5, 0.6) is 0 Å². The van der Waals surface area contributed by atoms with Gasteiger partial charge in [0.2, 0.25) is 5.91 Å². The van der Waals surface area contributed by atoms with Crippen LogP contribution in [-0.4, -0.2) is 79.4 Å². The summed E-state index contributed by atoms with van der Waals surface area (Å²) in [6.45, 7) is 4.18. The van der Waals surface area contributed by atoms with Crippen molar-refractivity contribution in [1.82, 2.24) is 19.8 Å². The lowest BCUT2D eigenvalue weighted by molar-refractivity contribution is -0.132. The first-order valence-corrected chi connectivity index (χ1v) is 16.4. The van der Waals surface area contributed by atoms with Crippen LogP contribution in [0.1, 0.15) is 59.8 Å². The molecule has 0 bridgehead atoms. The van der Waals surface area contributed by atoms with Gasteiger partial charge in [0.25, 0.3) is 5.91 Å². The highest BCUT2D eigenvalue weighted by Crippen LogP contribution is 2.30. The van der Waals surface area contributed by atoms with E-state index in [-0.39, 0.29) is 23.8 Å². The predicted molar refractivity (Wildman–Crippen MR) is 182 cm³/mol. The van der Waals surface area contributed by atoms with Gasteiger partial charge in [-0.2, -0.15) is 0 Å².